The van der Waals surface area contributed by atoms with E-state index >= 15 is 0 Å². The predicted octanol–water partition coefficient (Wildman–Crippen LogP) is 3.44. The summed E-state index contributed by atoms with van der Waals surface area (Å²) in [7, 11) is 0. The van der Waals surface area contributed by atoms with Crippen LogP contribution in [-0.4, -0.2) is 16.5 Å². The number of nitrogens with zero attached hydrogens (tertiary/aromatic N) is 3. The van der Waals surface area contributed by atoms with E-state index in [0.717, 1.165) is 30.2 Å². The number of aryl methyl sites for hydroxylation is 2. The summed E-state index contributed by atoms with van der Waals surface area (Å²) in [5.41, 5.74) is 4.35. The number of hydrogen-bond donors (Lipinski definition) is 0. The number of halogens is 1. The van der Waals surface area contributed by atoms with Crippen LogP contribution in [0.25, 0.3) is 0 Å². The molecule has 0 unspecified atom stereocenters. The van der Waals surface area contributed by atoms with Gasteiger partial charge in [0.2, 0.25) is 0 Å². The maximum Gasteiger partial charge on any atom is 0.172 e. The molecule has 4 heteroatoms. The van der Waals surface area contributed by atoms with Gasteiger partial charge in [-0.15, -0.1) is 0 Å². The molecule has 0 atom stereocenters. The Bertz CT molecular complexity index is 610. The summed E-state index contributed by atoms with van der Waals surface area (Å²) in [6, 6.07) is 8.36. The van der Waals surface area contributed by atoms with E-state index in [9.17, 15) is 0 Å². The van der Waals surface area contributed by atoms with Crippen molar-refractivity contribution in [1.29, 1.82) is 0 Å². The van der Waals surface area contributed by atoms with Crippen LogP contribution in [0, 0.1) is 13.8 Å². The second-order valence-electron chi connectivity index (χ2n) is 4.54. The van der Waals surface area contributed by atoms with Gasteiger partial charge in [-0.2, -0.15) is 0 Å². The molecule has 0 spiro atoms. The molecule has 0 saturated carbocycles. The molecule has 0 amide bonds. The first-order valence-corrected chi connectivity index (χ1v) is 6.41. The van der Waals surface area contributed by atoms with Crippen LogP contribution in [0.2, 0.25) is 5.15 Å². The number of para-hydroxylation sites is 1. The minimum absolute atomic E-state index is 0.481. The van der Waals surface area contributed by atoms with Gasteiger partial charge in [0, 0.05) is 12.2 Å². The van der Waals surface area contributed by atoms with E-state index in [2.05, 4.69) is 33.1 Å². The fraction of sp³-hybridized carbons (Fsp3) is 0.286. The quantitative estimate of drug-likeness (QED) is 0.786. The zero-order valence-corrected chi connectivity index (χ0v) is 11.2. The lowest BCUT2D eigenvalue weighted by Gasteiger charge is -2.19. The van der Waals surface area contributed by atoms with Gasteiger partial charge >= 0.3 is 0 Å². The monoisotopic (exact) mass is 259 g/mol. The molecule has 0 bridgehead atoms. The Morgan fingerprint density at radius 2 is 1.83 bits per heavy atom. The fourth-order valence-corrected chi connectivity index (χ4v) is 2.57. The van der Waals surface area contributed by atoms with Gasteiger partial charge in [0.25, 0.3) is 0 Å². The average Bonchev–Trinajstić information content (AvgIpc) is 2.78. The van der Waals surface area contributed by atoms with Gasteiger partial charge in [0.05, 0.1) is 11.4 Å². The van der Waals surface area contributed by atoms with Crippen LogP contribution in [0.3, 0.4) is 0 Å². The van der Waals surface area contributed by atoms with Gasteiger partial charge < -0.3 is 4.90 Å². The zero-order chi connectivity index (χ0) is 12.7. The number of anilines is 2. The third-order valence-electron chi connectivity index (χ3n) is 3.39. The van der Waals surface area contributed by atoms with Gasteiger partial charge in [-0.1, -0.05) is 29.8 Å². The number of rotatable bonds is 1. The van der Waals surface area contributed by atoms with E-state index in [4.69, 9.17) is 11.6 Å². The lowest BCUT2D eigenvalue weighted by atomic mass is 10.2. The topological polar surface area (TPSA) is 29.0 Å². The standard InChI is InChI=1S/C14H14ClN3/c1-9-10(2)17-14(13(15)16-9)18-8-7-11-5-3-4-6-12(11)18/h3-6H,7-8H2,1-2H3. The highest BCUT2D eigenvalue weighted by atomic mass is 35.5. The number of benzene rings is 1. The first kappa shape index (κ1) is 11.5. The molecule has 3 nitrogen and oxygen atoms in total. The second-order valence-corrected chi connectivity index (χ2v) is 4.90. The van der Waals surface area contributed by atoms with Crippen molar-refractivity contribution >= 4 is 23.1 Å². The third-order valence-corrected chi connectivity index (χ3v) is 3.64. The van der Waals surface area contributed by atoms with Crippen LogP contribution in [-0.2, 0) is 6.42 Å². The average molecular weight is 260 g/mol. The van der Waals surface area contributed by atoms with E-state index in [0.29, 0.717) is 5.15 Å². The van der Waals surface area contributed by atoms with E-state index in [1.807, 2.05) is 19.9 Å². The Morgan fingerprint density at radius 1 is 1.11 bits per heavy atom. The molecule has 0 saturated heterocycles. The molecule has 1 aromatic carbocycles. The van der Waals surface area contributed by atoms with Crippen molar-refractivity contribution < 1.29 is 0 Å². The Kier molecular flexibility index (Phi) is 2.71. The van der Waals surface area contributed by atoms with E-state index in [1.54, 1.807) is 0 Å². The molecule has 0 aliphatic carbocycles. The minimum Gasteiger partial charge on any atom is -0.323 e. The van der Waals surface area contributed by atoms with Crippen LogP contribution < -0.4 is 4.90 Å². The summed E-state index contributed by atoms with van der Waals surface area (Å²) in [4.78, 5) is 11.1. The number of fused-ring (bicyclic) bond motifs is 1. The summed E-state index contributed by atoms with van der Waals surface area (Å²) >= 11 is 6.23. The smallest absolute Gasteiger partial charge is 0.172 e. The van der Waals surface area contributed by atoms with Crippen molar-refractivity contribution in [3.63, 3.8) is 0 Å². The Labute approximate surface area is 111 Å². The summed E-state index contributed by atoms with van der Waals surface area (Å²) in [5, 5.41) is 0.481. The van der Waals surface area contributed by atoms with Crippen molar-refractivity contribution in [1.82, 2.24) is 9.97 Å². The Hall–Kier alpha value is -1.61. The SMILES string of the molecule is Cc1nc(Cl)c(N2CCc3ccccc32)nc1C. The first-order valence-electron chi connectivity index (χ1n) is 6.03. The summed E-state index contributed by atoms with van der Waals surface area (Å²) in [6.07, 6.45) is 1.03. The molecule has 0 N–H and O–H groups in total. The molecular formula is C14H14ClN3. The molecule has 2 aromatic rings. The maximum absolute atomic E-state index is 6.23. The van der Waals surface area contributed by atoms with Gasteiger partial charge in [-0.05, 0) is 31.9 Å². The van der Waals surface area contributed by atoms with Crippen molar-refractivity contribution in [2.24, 2.45) is 0 Å². The maximum atomic E-state index is 6.23. The van der Waals surface area contributed by atoms with Gasteiger partial charge in [-0.25, -0.2) is 9.97 Å². The summed E-state index contributed by atoms with van der Waals surface area (Å²) in [6.45, 7) is 4.80. The van der Waals surface area contributed by atoms with Crippen LogP contribution >= 0.6 is 11.6 Å². The molecule has 1 aromatic heterocycles. The van der Waals surface area contributed by atoms with E-state index in [1.165, 1.54) is 11.3 Å². The zero-order valence-electron chi connectivity index (χ0n) is 10.4. The third kappa shape index (κ3) is 1.75. The number of hydrogen-bond acceptors (Lipinski definition) is 3. The van der Waals surface area contributed by atoms with Gasteiger partial charge in [0.15, 0.2) is 11.0 Å². The lowest BCUT2D eigenvalue weighted by molar-refractivity contribution is 0.941. The van der Waals surface area contributed by atoms with Crippen molar-refractivity contribution in [2.45, 2.75) is 20.3 Å². The minimum atomic E-state index is 0.481. The van der Waals surface area contributed by atoms with Gasteiger partial charge in [-0.3, -0.25) is 0 Å². The highest BCUT2D eigenvalue weighted by molar-refractivity contribution is 6.31. The highest BCUT2D eigenvalue weighted by Gasteiger charge is 2.23. The van der Waals surface area contributed by atoms with Crippen molar-refractivity contribution in [3.8, 4) is 0 Å². The summed E-state index contributed by atoms with van der Waals surface area (Å²) < 4.78 is 0. The van der Waals surface area contributed by atoms with Crippen molar-refractivity contribution in [2.75, 3.05) is 11.4 Å². The number of aromatic nitrogens is 2. The molecule has 1 aliphatic rings. The molecule has 0 radical (unpaired) electrons. The van der Waals surface area contributed by atoms with Crippen LogP contribution in [0.1, 0.15) is 17.0 Å². The largest absolute Gasteiger partial charge is 0.323 e. The molecular weight excluding hydrogens is 246 g/mol. The molecule has 18 heavy (non-hydrogen) atoms. The lowest BCUT2D eigenvalue weighted by Crippen LogP contribution is -2.16. The predicted molar refractivity (Wildman–Crippen MR) is 73.7 cm³/mol. The molecule has 3 rings (SSSR count). The molecule has 2 heterocycles. The fourth-order valence-electron chi connectivity index (χ4n) is 2.29. The molecule has 1 aliphatic heterocycles. The van der Waals surface area contributed by atoms with E-state index in [-0.39, 0.29) is 0 Å². The highest BCUT2D eigenvalue weighted by Crippen LogP contribution is 2.36. The Morgan fingerprint density at radius 3 is 2.67 bits per heavy atom. The molecule has 92 valence electrons. The first-order chi connectivity index (χ1) is 8.66. The van der Waals surface area contributed by atoms with Crippen molar-refractivity contribution in [3.05, 3.63) is 46.4 Å². The van der Waals surface area contributed by atoms with Crippen LogP contribution in [0.15, 0.2) is 24.3 Å². The Balaban J connectivity index is 2.10. The summed E-state index contributed by atoms with van der Waals surface area (Å²) in [5.74, 6) is 0.768. The molecule has 0 fully saturated rings. The van der Waals surface area contributed by atoms with Gasteiger partial charge in [0.1, 0.15) is 0 Å². The van der Waals surface area contributed by atoms with Crippen LogP contribution in [0.5, 0.6) is 0 Å². The van der Waals surface area contributed by atoms with Crippen LogP contribution in [0.4, 0.5) is 11.5 Å². The second kappa shape index (κ2) is 4.25. The normalized spacial score (nSPS) is 13.8. The van der Waals surface area contributed by atoms with E-state index < -0.39 is 0 Å².